The summed E-state index contributed by atoms with van der Waals surface area (Å²) in [6, 6.07) is 10.4. The fraction of sp³-hybridized carbons (Fsp3) is 0.333. The average molecular weight is 503 g/mol. The molecule has 180 valence electrons. The maximum atomic E-state index is 11.6. The van der Waals surface area contributed by atoms with Gasteiger partial charge in [0.1, 0.15) is 0 Å². The number of halogens is 2. The average Bonchev–Trinajstić information content (AvgIpc) is 2.71. The number of nitrogens with one attached hydrogen (secondary N) is 4. The van der Waals surface area contributed by atoms with Crippen LogP contribution in [0.2, 0.25) is 10.0 Å². The van der Waals surface area contributed by atoms with E-state index in [2.05, 4.69) is 31.0 Å². The van der Waals surface area contributed by atoms with E-state index in [1.165, 1.54) is 0 Å². The second-order valence-corrected chi connectivity index (χ2v) is 10.8. The van der Waals surface area contributed by atoms with E-state index in [1.54, 1.807) is 36.4 Å². The zero-order valence-electron chi connectivity index (χ0n) is 19.9. The third-order valence-electron chi connectivity index (χ3n) is 4.49. The molecule has 4 rings (SSSR count). The Hall–Kier alpha value is -3.10. The molecule has 0 atom stereocenters. The van der Waals surface area contributed by atoms with Crippen molar-refractivity contribution in [2.75, 3.05) is 10.6 Å². The van der Waals surface area contributed by atoms with Crippen LogP contribution in [-0.4, -0.2) is 31.5 Å². The van der Waals surface area contributed by atoms with Crippen LogP contribution < -0.4 is 21.8 Å². The minimum absolute atomic E-state index is 0.127. The Labute approximate surface area is 207 Å². The van der Waals surface area contributed by atoms with Gasteiger partial charge in [-0.3, -0.25) is 9.59 Å². The number of rotatable bonds is 2. The van der Waals surface area contributed by atoms with Crippen LogP contribution in [-0.2, 0) is 0 Å². The summed E-state index contributed by atoms with van der Waals surface area (Å²) >= 11 is 11.8. The molecule has 34 heavy (non-hydrogen) atoms. The minimum atomic E-state index is -0.234. The second kappa shape index (κ2) is 9.64. The third kappa shape index (κ3) is 6.48. The van der Waals surface area contributed by atoms with Gasteiger partial charge in [-0.15, -0.1) is 0 Å². The van der Waals surface area contributed by atoms with E-state index in [0.29, 0.717) is 32.5 Å². The molecule has 0 aliphatic heterocycles. The lowest BCUT2D eigenvalue weighted by Gasteiger charge is -2.21. The summed E-state index contributed by atoms with van der Waals surface area (Å²) in [6.45, 7) is 12.2. The largest absolute Gasteiger partial charge is 0.364 e. The van der Waals surface area contributed by atoms with E-state index in [-0.39, 0.29) is 22.2 Å². The molecule has 0 bridgehead atoms. The number of fused-ring (bicyclic) bond motifs is 2. The summed E-state index contributed by atoms with van der Waals surface area (Å²) in [5.41, 5.74) is -0.723. The SMILES string of the molecule is CC(C)(C)Nc1n[nH]c(=O)c2cc(Cl)ccc12.CC(C)(C)Nc1n[nH]c(=O)c2cc(Cl)ccc12. The highest BCUT2D eigenvalue weighted by Gasteiger charge is 2.15. The van der Waals surface area contributed by atoms with Gasteiger partial charge in [-0.2, -0.15) is 10.2 Å². The number of aromatic nitrogens is 4. The Kier molecular flexibility index (Phi) is 7.24. The zero-order chi connectivity index (χ0) is 25.3. The summed E-state index contributed by atoms with van der Waals surface area (Å²) in [5.74, 6) is 1.31. The Balaban J connectivity index is 0.000000191. The highest BCUT2D eigenvalue weighted by Crippen LogP contribution is 2.24. The molecular weight excluding hydrogens is 475 g/mol. The quantitative estimate of drug-likeness (QED) is 0.284. The lowest BCUT2D eigenvalue weighted by Crippen LogP contribution is -2.28. The first-order valence-electron chi connectivity index (χ1n) is 10.7. The first kappa shape index (κ1) is 25.5. The lowest BCUT2D eigenvalue weighted by atomic mass is 10.1. The van der Waals surface area contributed by atoms with Crippen molar-refractivity contribution < 1.29 is 0 Å². The number of anilines is 2. The predicted molar refractivity (Wildman–Crippen MR) is 141 cm³/mol. The van der Waals surface area contributed by atoms with Crippen molar-refractivity contribution in [3.05, 3.63) is 67.2 Å². The second-order valence-electron chi connectivity index (χ2n) is 9.93. The lowest BCUT2D eigenvalue weighted by molar-refractivity contribution is 0.629. The van der Waals surface area contributed by atoms with Gasteiger partial charge in [0, 0.05) is 31.9 Å². The molecule has 8 nitrogen and oxygen atoms in total. The molecule has 0 spiro atoms. The minimum Gasteiger partial charge on any atom is -0.364 e. The van der Waals surface area contributed by atoms with Gasteiger partial charge in [0.2, 0.25) is 0 Å². The van der Waals surface area contributed by atoms with Crippen LogP contribution in [0, 0.1) is 0 Å². The van der Waals surface area contributed by atoms with Crippen LogP contribution >= 0.6 is 23.2 Å². The van der Waals surface area contributed by atoms with Crippen LogP contribution in [0.3, 0.4) is 0 Å². The van der Waals surface area contributed by atoms with Crippen molar-refractivity contribution in [2.24, 2.45) is 0 Å². The summed E-state index contributed by atoms with van der Waals surface area (Å²) in [5, 5.41) is 23.2. The Bertz CT molecular complexity index is 1340. The summed E-state index contributed by atoms with van der Waals surface area (Å²) < 4.78 is 0. The Morgan fingerprint density at radius 1 is 0.647 bits per heavy atom. The van der Waals surface area contributed by atoms with E-state index >= 15 is 0 Å². The van der Waals surface area contributed by atoms with Crippen LogP contribution in [0.5, 0.6) is 0 Å². The third-order valence-corrected chi connectivity index (χ3v) is 4.96. The number of nitrogens with zero attached hydrogens (tertiary/aromatic N) is 2. The van der Waals surface area contributed by atoms with E-state index < -0.39 is 0 Å². The van der Waals surface area contributed by atoms with Crippen molar-refractivity contribution in [3.63, 3.8) is 0 Å². The van der Waals surface area contributed by atoms with Gasteiger partial charge in [-0.25, -0.2) is 10.2 Å². The van der Waals surface area contributed by atoms with Crippen molar-refractivity contribution in [1.29, 1.82) is 0 Å². The number of H-pyrrole nitrogens is 2. The number of benzene rings is 2. The van der Waals surface area contributed by atoms with E-state index in [9.17, 15) is 9.59 Å². The van der Waals surface area contributed by atoms with Gasteiger partial charge in [0.25, 0.3) is 11.1 Å². The van der Waals surface area contributed by atoms with E-state index in [1.807, 2.05) is 41.5 Å². The van der Waals surface area contributed by atoms with Gasteiger partial charge < -0.3 is 10.6 Å². The van der Waals surface area contributed by atoms with Crippen LogP contribution in [0.4, 0.5) is 11.6 Å². The molecule has 2 heterocycles. The first-order valence-corrected chi connectivity index (χ1v) is 11.4. The molecule has 0 saturated carbocycles. The molecule has 2 aromatic carbocycles. The monoisotopic (exact) mass is 502 g/mol. The maximum Gasteiger partial charge on any atom is 0.272 e. The number of aromatic amines is 2. The Morgan fingerprint density at radius 2 is 1.00 bits per heavy atom. The Morgan fingerprint density at radius 3 is 1.32 bits per heavy atom. The molecular formula is C24H28Cl2N6O2. The zero-order valence-corrected chi connectivity index (χ0v) is 21.4. The number of hydrogen-bond donors (Lipinski definition) is 4. The van der Waals surface area contributed by atoms with E-state index in [0.717, 1.165) is 10.8 Å². The molecule has 0 saturated heterocycles. The van der Waals surface area contributed by atoms with E-state index in [4.69, 9.17) is 23.2 Å². The van der Waals surface area contributed by atoms with Crippen molar-refractivity contribution in [1.82, 2.24) is 20.4 Å². The summed E-state index contributed by atoms with van der Waals surface area (Å²) in [7, 11) is 0. The molecule has 0 unspecified atom stereocenters. The molecule has 0 fully saturated rings. The van der Waals surface area contributed by atoms with Crippen LogP contribution in [0.25, 0.3) is 21.5 Å². The molecule has 0 aliphatic carbocycles. The van der Waals surface area contributed by atoms with Crippen LogP contribution in [0.15, 0.2) is 46.0 Å². The topological polar surface area (TPSA) is 116 Å². The molecule has 0 amide bonds. The van der Waals surface area contributed by atoms with Gasteiger partial charge >= 0.3 is 0 Å². The molecule has 4 N–H and O–H groups in total. The van der Waals surface area contributed by atoms with Gasteiger partial charge in [0.05, 0.1) is 10.8 Å². The molecule has 0 radical (unpaired) electrons. The highest BCUT2D eigenvalue weighted by molar-refractivity contribution is 6.31. The molecule has 0 aliphatic rings. The van der Waals surface area contributed by atoms with Crippen LogP contribution in [0.1, 0.15) is 41.5 Å². The van der Waals surface area contributed by atoms with Gasteiger partial charge in [0.15, 0.2) is 11.6 Å². The number of hydrogen-bond acceptors (Lipinski definition) is 6. The molecule has 2 aromatic heterocycles. The normalized spacial score (nSPS) is 11.8. The van der Waals surface area contributed by atoms with Crippen molar-refractivity contribution in [3.8, 4) is 0 Å². The van der Waals surface area contributed by atoms with Gasteiger partial charge in [-0.1, -0.05) is 23.2 Å². The maximum absolute atomic E-state index is 11.6. The fourth-order valence-corrected chi connectivity index (χ4v) is 3.52. The van der Waals surface area contributed by atoms with Crippen molar-refractivity contribution >= 4 is 56.4 Å². The summed E-state index contributed by atoms with van der Waals surface area (Å²) in [4.78, 5) is 23.3. The summed E-state index contributed by atoms with van der Waals surface area (Å²) in [6.07, 6.45) is 0. The standard InChI is InChI=1S/2C12H14ClN3O/c2*1-12(2,3)14-10-8-5-4-7(13)6-9(8)11(17)16-15-10/h2*4-6H,1-3H3,(H,14,15)(H,16,17). The van der Waals surface area contributed by atoms with Gasteiger partial charge in [-0.05, 0) is 77.9 Å². The predicted octanol–water partition coefficient (Wildman–Crippen LogP) is 5.57. The molecule has 4 aromatic rings. The molecule has 10 heteroatoms. The first-order chi connectivity index (χ1) is 15.7. The highest BCUT2D eigenvalue weighted by atomic mass is 35.5. The van der Waals surface area contributed by atoms with Crippen molar-refractivity contribution in [2.45, 2.75) is 52.6 Å². The fourth-order valence-electron chi connectivity index (χ4n) is 3.18. The smallest absolute Gasteiger partial charge is 0.272 e.